The van der Waals surface area contributed by atoms with Crippen molar-refractivity contribution in [3.05, 3.63) is 11.4 Å². The molecule has 2 nitrogen and oxygen atoms in total. The maximum atomic E-state index is 6.70. The van der Waals surface area contributed by atoms with Gasteiger partial charge in [-0.25, -0.2) is 6.57 Å². The van der Waals surface area contributed by atoms with Crippen LogP contribution in [-0.4, -0.2) is 31.1 Å². The predicted molar refractivity (Wildman–Crippen MR) is 55.6 cm³/mol. The molecule has 0 aromatic rings. The zero-order valence-corrected chi connectivity index (χ0v) is 8.47. The van der Waals surface area contributed by atoms with Gasteiger partial charge in [-0.15, -0.1) is 0 Å². The fourth-order valence-electron chi connectivity index (χ4n) is 1.91. The zero-order valence-electron chi connectivity index (χ0n) is 8.47. The minimum absolute atomic E-state index is 0.705. The maximum absolute atomic E-state index is 6.70. The van der Waals surface area contributed by atoms with Crippen LogP contribution in [0.4, 0.5) is 0 Å². The third-order valence-electron chi connectivity index (χ3n) is 2.69. The Morgan fingerprint density at radius 1 is 1.00 bits per heavy atom. The quantitative estimate of drug-likeness (QED) is 0.478. The van der Waals surface area contributed by atoms with E-state index in [4.69, 9.17) is 6.57 Å². The van der Waals surface area contributed by atoms with Crippen molar-refractivity contribution in [3.63, 3.8) is 0 Å². The van der Waals surface area contributed by atoms with Crippen molar-refractivity contribution in [3.8, 4) is 0 Å². The van der Waals surface area contributed by atoms with E-state index < -0.39 is 0 Å². The lowest BCUT2D eigenvalue weighted by Gasteiger charge is -2.23. The molecular weight excluding hydrogens is 160 g/mol. The summed E-state index contributed by atoms with van der Waals surface area (Å²) in [6.07, 6.45) is 8.01. The molecule has 0 saturated carbocycles. The van der Waals surface area contributed by atoms with Crippen LogP contribution in [0.2, 0.25) is 0 Å². The molecule has 0 aliphatic carbocycles. The van der Waals surface area contributed by atoms with Gasteiger partial charge in [-0.3, -0.25) is 0 Å². The summed E-state index contributed by atoms with van der Waals surface area (Å²) in [5, 5.41) is 0. The molecular formula is C11H20N2. The van der Waals surface area contributed by atoms with Crippen LogP contribution in [0.15, 0.2) is 0 Å². The van der Waals surface area contributed by atoms with Crippen LogP contribution in [0.25, 0.3) is 4.85 Å². The second-order valence-corrected chi connectivity index (χ2v) is 3.84. The van der Waals surface area contributed by atoms with Gasteiger partial charge >= 0.3 is 0 Å². The van der Waals surface area contributed by atoms with Gasteiger partial charge in [0.15, 0.2) is 0 Å². The number of rotatable bonds is 3. The molecule has 1 saturated heterocycles. The van der Waals surface area contributed by atoms with Gasteiger partial charge in [0.1, 0.15) is 0 Å². The monoisotopic (exact) mass is 180 g/mol. The highest BCUT2D eigenvalue weighted by atomic mass is 15.1. The molecule has 1 aliphatic heterocycles. The molecule has 2 heteroatoms. The Hall–Kier alpha value is -0.550. The van der Waals surface area contributed by atoms with Crippen molar-refractivity contribution < 1.29 is 0 Å². The van der Waals surface area contributed by atoms with E-state index in [2.05, 4.69) is 9.74 Å². The van der Waals surface area contributed by atoms with Crippen LogP contribution < -0.4 is 0 Å². The molecule has 0 radical (unpaired) electrons. The zero-order chi connectivity index (χ0) is 9.36. The molecule has 1 heterocycles. The highest BCUT2D eigenvalue weighted by Crippen LogP contribution is 2.10. The molecule has 1 rings (SSSR count). The molecule has 1 aliphatic rings. The van der Waals surface area contributed by atoms with Crippen LogP contribution in [0.1, 0.15) is 38.5 Å². The summed E-state index contributed by atoms with van der Waals surface area (Å²) in [5.74, 6) is 0. The number of hydrogen-bond acceptors (Lipinski definition) is 1. The number of hydrogen-bond donors (Lipinski definition) is 0. The molecule has 0 spiro atoms. The third-order valence-corrected chi connectivity index (χ3v) is 2.69. The highest BCUT2D eigenvalue weighted by Gasteiger charge is 2.07. The normalized spacial score (nSPS) is 20.2. The molecule has 0 atom stereocenters. The van der Waals surface area contributed by atoms with Gasteiger partial charge < -0.3 is 9.74 Å². The summed E-state index contributed by atoms with van der Waals surface area (Å²) in [5.41, 5.74) is 0. The van der Waals surface area contributed by atoms with E-state index in [1.54, 1.807) is 0 Å². The largest absolute Gasteiger partial charge is 0.317 e. The van der Waals surface area contributed by atoms with Gasteiger partial charge in [-0.05, 0) is 25.9 Å². The van der Waals surface area contributed by atoms with Crippen molar-refractivity contribution in [2.24, 2.45) is 0 Å². The van der Waals surface area contributed by atoms with E-state index in [1.165, 1.54) is 45.2 Å². The predicted octanol–water partition coefficient (Wildman–Crippen LogP) is 2.56. The Bertz CT molecular complexity index is 152. The lowest BCUT2D eigenvalue weighted by molar-refractivity contribution is 0.247. The van der Waals surface area contributed by atoms with Gasteiger partial charge in [0.05, 0.1) is 0 Å². The lowest BCUT2D eigenvalue weighted by Crippen LogP contribution is -2.28. The van der Waals surface area contributed by atoms with Crippen LogP contribution in [0.3, 0.4) is 0 Å². The second-order valence-electron chi connectivity index (χ2n) is 3.84. The molecule has 0 aromatic heterocycles. The Labute approximate surface area is 81.7 Å². The van der Waals surface area contributed by atoms with E-state index in [-0.39, 0.29) is 0 Å². The molecule has 74 valence electrons. The number of nitrogens with zero attached hydrogens (tertiary/aromatic N) is 2. The first-order chi connectivity index (χ1) is 6.43. The van der Waals surface area contributed by atoms with Crippen LogP contribution in [0.5, 0.6) is 0 Å². The van der Waals surface area contributed by atoms with Gasteiger partial charge in [-0.2, -0.15) is 0 Å². The van der Waals surface area contributed by atoms with Crippen molar-refractivity contribution >= 4 is 0 Å². The van der Waals surface area contributed by atoms with Crippen LogP contribution in [-0.2, 0) is 0 Å². The molecule has 0 amide bonds. The summed E-state index contributed by atoms with van der Waals surface area (Å²) in [6.45, 7) is 11.1. The molecule has 1 fully saturated rings. The Morgan fingerprint density at radius 3 is 2.23 bits per heavy atom. The minimum atomic E-state index is 0.705. The van der Waals surface area contributed by atoms with E-state index >= 15 is 0 Å². The van der Waals surface area contributed by atoms with E-state index in [0.29, 0.717) is 6.54 Å². The average molecular weight is 180 g/mol. The van der Waals surface area contributed by atoms with E-state index in [1.807, 2.05) is 0 Å². The fourth-order valence-corrected chi connectivity index (χ4v) is 1.91. The molecule has 0 N–H and O–H groups in total. The van der Waals surface area contributed by atoms with Crippen molar-refractivity contribution in [1.29, 1.82) is 0 Å². The topological polar surface area (TPSA) is 7.60 Å². The van der Waals surface area contributed by atoms with E-state index in [0.717, 1.165) is 13.0 Å². The van der Waals surface area contributed by atoms with Gasteiger partial charge in [0, 0.05) is 13.0 Å². The SMILES string of the molecule is [C-]#[N+]CCCN1CCCCCCC1. The second kappa shape index (κ2) is 6.91. The van der Waals surface area contributed by atoms with Gasteiger partial charge in [-0.1, -0.05) is 19.3 Å². The molecule has 13 heavy (non-hydrogen) atoms. The Morgan fingerprint density at radius 2 is 1.62 bits per heavy atom. The summed E-state index contributed by atoms with van der Waals surface area (Å²) < 4.78 is 0. The number of likely N-dealkylation sites (tertiary alicyclic amines) is 1. The molecule has 0 bridgehead atoms. The average Bonchev–Trinajstić information content (AvgIpc) is 2.08. The van der Waals surface area contributed by atoms with Crippen LogP contribution >= 0.6 is 0 Å². The summed E-state index contributed by atoms with van der Waals surface area (Å²) >= 11 is 0. The fraction of sp³-hybridized carbons (Fsp3) is 0.909. The third kappa shape index (κ3) is 4.90. The maximum Gasteiger partial charge on any atom is 0.215 e. The smallest absolute Gasteiger partial charge is 0.215 e. The molecule has 0 unspecified atom stereocenters. The lowest BCUT2D eigenvalue weighted by atomic mass is 10.1. The summed E-state index contributed by atoms with van der Waals surface area (Å²) in [7, 11) is 0. The van der Waals surface area contributed by atoms with Crippen molar-refractivity contribution in [2.45, 2.75) is 38.5 Å². The van der Waals surface area contributed by atoms with Crippen molar-refractivity contribution in [2.75, 3.05) is 26.2 Å². The van der Waals surface area contributed by atoms with E-state index in [9.17, 15) is 0 Å². The summed E-state index contributed by atoms with van der Waals surface area (Å²) in [6, 6.07) is 0. The summed E-state index contributed by atoms with van der Waals surface area (Å²) in [4.78, 5) is 5.92. The first-order valence-corrected chi connectivity index (χ1v) is 5.49. The highest BCUT2D eigenvalue weighted by molar-refractivity contribution is 4.65. The minimum Gasteiger partial charge on any atom is -0.317 e. The van der Waals surface area contributed by atoms with Gasteiger partial charge in [0.2, 0.25) is 6.54 Å². The Balaban J connectivity index is 2.11. The first kappa shape index (κ1) is 10.5. The first-order valence-electron chi connectivity index (χ1n) is 5.49. The van der Waals surface area contributed by atoms with Gasteiger partial charge in [0.25, 0.3) is 0 Å². The Kier molecular flexibility index (Phi) is 5.60. The van der Waals surface area contributed by atoms with Crippen molar-refractivity contribution in [1.82, 2.24) is 4.90 Å². The van der Waals surface area contributed by atoms with Crippen LogP contribution in [0, 0.1) is 6.57 Å². The standard InChI is InChI=1S/C11H20N2/c1-12-8-7-11-13-9-5-3-2-4-6-10-13/h2-11H2. The molecule has 0 aromatic carbocycles.